The molecule has 0 aliphatic carbocycles. The van der Waals surface area contributed by atoms with Gasteiger partial charge >= 0.3 is 5.97 Å². The van der Waals surface area contributed by atoms with Gasteiger partial charge in [0.15, 0.2) is 5.78 Å². The van der Waals surface area contributed by atoms with Crippen molar-refractivity contribution >= 4 is 17.5 Å². The number of ketones is 2. The van der Waals surface area contributed by atoms with E-state index >= 15 is 0 Å². The van der Waals surface area contributed by atoms with Gasteiger partial charge in [0.2, 0.25) is 11.4 Å². The third-order valence-electron chi connectivity index (χ3n) is 2.04. The summed E-state index contributed by atoms with van der Waals surface area (Å²) in [4.78, 5) is 33.0. The van der Waals surface area contributed by atoms with Crippen molar-refractivity contribution in [1.82, 2.24) is 0 Å². The molecule has 0 aliphatic heterocycles. The molecule has 7 heteroatoms. The van der Waals surface area contributed by atoms with Crippen LogP contribution in [-0.4, -0.2) is 55.8 Å². The summed E-state index contributed by atoms with van der Waals surface area (Å²) in [6.45, 7) is 2.06. The summed E-state index contributed by atoms with van der Waals surface area (Å²) in [5, 5.41) is 35.9. The Bertz CT molecular complexity index is 307. The SMILES string of the molecule is CC(O)C(=O)CC(O)(C(=O)O)C(=O)C(C)O. The second-order valence-corrected chi connectivity index (χ2v) is 3.52. The standard InChI is InChI=1S/C9H14O7/c1-4(10)6(12)3-9(16,8(14)15)7(13)5(2)11/h4-5,10-11,16H,3H2,1-2H3,(H,14,15). The maximum absolute atomic E-state index is 11.2. The fourth-order valence-corrected chi connectivity index (χ4v) is 1.01. The maximum Gasteiger partial charge on any atom is 0.344 e. The van der Waals surface area contributed by atoms with Crippen LogP contribution in [0, 0.1) is 0 Å². The summed E-state index contributed by atoms with van der Waals surface area (Å²) < 4.78 is 0. The highest BCUT2D eigenvalue weighted by molar-refractivity contribution is 6.11. The number of carbonyl (C=O) groups is 3. The lowest BCUT2D eigenvalue weighted by molar-refractivity contribution is -0.171. The average molecular weight is 234 g/mol. The van der Waals surface area contributed by atoms with E-state index in [1.54, 1.807) is 0 Å². The van der Waals surface area contributed by atoms with Crippen LogP contribution in [0.1, 0.15) is 20.3 Å². The number of carboxylic acids is 1. The van der Waals surface area contributed by atoms with Crippen LogP contribution in [0.4, 0.5) is 0 Å². The average Bonchev–Trinajstić information content (AvgIpc) is 2.15. The number of carboxylic acid groups (broad SMARTS) is 1. The lowest BCUT2D eigenvalue weighted by Gasteiger charge is -2.22. The molecule has 16 heavy (non-hydrogen) atoms. The maximum atomic E-state index is 11.2. The van der Waals surface area contributed by atoms with Crippen LogP contribution in [0.3, 0.4) is 0 Å². The van der Waals surface area contributed by atoms with Crippen LogP contribution in [0.2, 0.25) is 0 Å². The van der Waals surface area contributed by atoms with Gasteiger partial charge < -0.3 is 20.4 Å². The van der Waals surface area contributed by atoms with Gasteiger partial charge in [-0.05, 0) is 13.8 Å². The molecule has 92 valence electrons. The van der Waals surface area contributed by atoms with Crippen molar-refractivity contribution in [3.8, 4) is 0 Å². The van der Waals surface area contributed by atoms with E-state index in [4.69, 9.17) is 15.3 Å². The summed E-state index contributed by atoms with van der Waals surface area (Å²) in [6, 6.07) is 0. The molecule has 7 nitrogen and oxygen atoms in total. The zero-order chi connectivity index (χ0) is 13.1. The van der Waals surface area contributed by atoms with E-state index in [0.29, 0.717) is 0 Å². The minimum Gasteiger partial charge on any atom is -0.479 e. The number of carbonyl (C=O) groups excluding carboxylic acids is 2. The number of Topliss-reactive ketones (excluding diaryl/α,β-unsaturated/α-hetero) is 2. The quantitative estimate of drug-likeness (QED) is 0.394. The molecule has 0 aliphatic rings. The van der Waals surface area contributed by atoms with Gasteiger partial charge in [-0.1, -0.05) is 0 Å². The van der Waals surface area contributed by atoms with Crippen LogP contribution < -0.4 is 0 Å². The third kappa shape index (κ3) is 3.09. The molecule has 4 N–H and O–H groups in total. The van der Waals surface area contributed by atoms with E-state index in [1.807, 2.05) is 0 Å². The molecule has 0 radical (unpaired) electrons. The summed E-state index contributed by atoms with van der Waals surface area (Å²) in [6.07, 6.45) is -4.29. The second kappa shape index (κ2) is 5.15. The summed E-state index contributed by atoms with van der Waals surface area (Å²) in [5.74, 6) is -4.33. The van der Waals surface area contributed by atoms with Gasteiger partial charge in [0.25, 0.3) is 0 Å². The van der Waals surface area contributed by atoms with Crippen molar-refractivity contribution in [2.45, 2.75) is 38.1 Å². The predicted octanol–water partition coefficient (Wildman–Crippen LogP) is -1.91. The fraction of sp³-hybridized carbons (Fsp3) is 0.667. The van der Waals surface area contributed by atoms with Crippen LogP contribution >= 0.6 is 0 Å². The number of hydrogen-bond acceptors (Lipinski definition) is 6. The molecular weight excluding hydrogens is 220 g/mol. The predicted molar refractivity (Wildman–Crippen MR) is 50.6 cm³/mol. The number of rotatable bonds is 6. The summed E-state index contributed by atoms with van der Waals surface area (Å²) in [7, 11) is 0. The van der Waals surface area contributed by atoms with Crippen molar-refractivity contribution in [2.75, 3.05) is 0 Å². The Morgan fingerprint density at radius 2 is 1.56 bits per heavy atom. The molecule has 0 fully saturated rings. The van der Waals surface area contributed by atoms with Gasteiger partial charge in [0.05, 0.1) is 6.42 Å². The summed E-state index contributed by atoms with van der Waals surface area (Å²) >= 11 is 0. The Kier molecular flexibility index (Phi) is 4.73. The summed E-state index contributed by atoms with van der Waals surface area (Å²) in [5.41, 5.74) is -3.00. The van der Waals surface area contributed by atoms with E-state index < -0.39 is 41.8 Å². The van der Waals surface area contributed by atoms with Crippen molar-refractivity contribution in [2.24, 2.45) is 0 Å². The van der Waals surface area contributed by atoms with Crippen LogP contribution in [0.5, 0.6) is 0 Å². The molecule has 0 rings (SSSR count). The normalized spacial score (nSPS) is 18.3. The van der Waals surface area contributed by atoms with Gasteiger partial charge in [-0.3, -0.25) is 9.59 Å². The molecule has 0 heterocycles. The van der Waals surface area contributed by atoms with Crippen LogP contribution in [0.15, 0.2) is 0 Å². The first-order valence-electron chi connectivity index (χ1n) is 4.52. The molecule has 0 saturated heterocycles. The first-order valence-corrected chi connectivity index (χ1v) is 4.52. The Balaban J connectivity index is 5.07. The number of aliphatic hydroxyl groups excluding tert-OH is 2. The molecule has 0 aromatic carbocycles. The number of hydrogen-bond donors (Lipinski definition) is 4. The molecular formula is C9H14O7. The first kappa shape index (κ1) is 14.7. The third-order valence-corrected chi connectivity index (χ3v) is 2.04. The lowest BCUT2D eigenvalue weighted by Crippen LogP contribution is -2.52. The molecule has 3 unspecified atom stereocenters. The van der Waals surface area contributed by atoms with E-state index in [2.05, 4.69) is 0 Å². The molecule has 0 saturated carbocycles. The topological polar surface area (TPSA) is 132 Å². The molecule has 0 amide bonds. The number of aliphatic hydroxyl groups is 3. The molecule has 3 atom stereocenters. The number of aliphatic carboxylic acids is 1. The zero-order valence-electron chi connectivity index (χ0n) is 8.88. The fourth-order valence-electron chi connectivity index (χ4n) is 1.01. The Labute approximate surface area is 91.3 Å². The molecule has 0 bridgehead atoms. The van der Waals surface area contributed by atoms with Gasteiger partial charge in [-0.25, -0.2) is 4.79 Å². The first-order chi connectivity index (χ1) is 7.12. The largest absolute Gasteiger partial charge is 0.479 e. The molecule has 0 aromatic heterocycles. The van der Waals surface area contributed by atoms with Crippen molar-refractivity contribution < 1.29 is 34.8 Å². The molecule has 0 spiro atoms. The van der Waals surface area contributed by atoms with E-state index in [0.717, 1.165) is 13.8 Å². The minimum absolute atomic E-state index is 0.975. The van der Waals surface area contributed by atoms with E-state index in [9.17, 15) is 19.5 Å². The Morgan fingerprint density at radius 1 is 1.12 bits per heavy atom. The smallest absolute Gasteiger partial charge is 0.344 e. The van der Waals surface area contributed by atoms with Crippen molar-refractivity contribution in [3.05, 3.63) is 0 Å². The van der Waals surface area contributed by atoms with Crippen LogP contribution in [-0.2, 0) is 14.4 Å². The van der Waals surface area contributed by atoms with Crippen LogP contribution in [0.25, 0.3) is 0 Å². The highest BCUT2D eigenvalue weighted by Gasteiger charge is 2.47. The van der Waals surface area contributed by atoms with Gasteiger partial charge in [-0.2, -0.15) is 0 Å². The highest BCUT2D eigenvalue weighted by Crippen LogP contribution is 2.16. The van der Waals surface area contributed by atoms with Gasteiger partial charge in [0, 0.05) is 0 Å². The lowest BCUT2D eigenvalue weighted by atomic mass is 9.88. The van der Waals surface area contributed by atoms with E-state index in [1.165, 1.54) is 0 Å². The zero-order valence-corrected chi connectivity index (χ0v) is 8.88. The highest BCUT2D eigenvalue weighted by atomic mass is 16.4. The Hall–Kier alpha value is -1.31. The minimum atomic E-state index is -3.00. The van der Waals surface area contributed by atoms with Crippen molar-refractivity contribution in [1.29, 1.82) is 0 Å². The van der Waals surface area contributed by atoms with Gasteiger partial charge in [0.1, 0.15) is 12.2 Å². The second-order valence-electron chi connectivity index (χ2n) is 3.52. The van der Waals surface area contributed by atoms with E-state index in [-0.39, 0.29) is 0 Å². The Morgan fingerprint density at radius 3 is 1.81 bits per heavy atom. The van der Waals surface area contributed by atoms with Crippen molar-refractivity contribution in [3.63, 3.8) is 0 Å². The van der Waals surface area contributed by atoms with Gasteiger partial charge in [-0.15, -0.1) is 0 Å². The monoisotopic (exact) mass is 234 g/mol. The molecule has 0 aromatic rings.